The van der Waals surface area contributed by atoms with Crippen molar-refractivity contribution in [1.29, 1.82) is 0 Å². The van der Waals surface area contributed by atoms with Crippen molar-refractivity contribution in [2.24, 2.45) is 0 Å². The maximum atomic E-state index is 13.8. The Morgan fingerprint density at radius 2 is 1.72 bits per heavy atom. The van der Waals surface area contributed by atoms with E-state index in [0.717, 1.165) is 56.5 Å². The van der Waals surface area contributed by atoms with Gasteiger partial charge in [0.1, 0.15) is 18.0 Å². The molecule has 0 spiro atoms. The van der Waals surface area contributed by atoms with Gasteiger partial charge in [0.15, 0.2) is 0 Å². The number of anilines is 6. The van der Waals surface area contributed by atoms with Gasteiger partial charge in [-0.25, -0.2) is 15.0 Å². The van der Waals surface area contributed by atoms with E-state index in [9.17, 15) is 18.0 Å². The fourth-order valence-electron chi connectivity index (χ4n) is 5.05. The van der Waals surface area contributed by atoms with Crippen molar-refractivity contribution in [1.82, 2.24) is 25.3 Å². The number of nitrogens with one attached hydrogen (secondary N) is 5. The van der Waals surface area contributed by atoms with E-state index >= 15 is 0 Å². The number of aromatic nitrogens is 4. The van der Waals surface area contributed by atoms with Crippen molar-refractivity contribution in [3.05, 3.63) is 77.9 Å². The Bertz CT molecular complexity index is 1580. The summed E-state index contributed by atoms with van der Waals surface area (Å²) in [6, 6.07) is 10.9. The second-order valence-electron chi connectivity index (χ2n) is 10.8. The lowest BCUT2D eigenvalue weighted by atomic mass is 10.0. The third-order valence-electron chi connectivity index (χ3n) is 7.45. The SMILES string of the molecule is Cc1ccc(NC(=O)c2cc(NC3CCNCC3)cc(C(F)(F)F)c2)cc1N(c1cc(NC2CC2)ncn1)c1ncc[nH]1. The van der Waals surface area contributed by atoms with Crippen molar-refractivity contribution in [3.8, 4) is 0 Å². The van der Waals surface area contributed by atoms with Crippen LogP contribution in [-0.4, -0.2) is 51.0 Å². The predicted molar refractivity (Wildman–Crippen MR) is 159 cm³/mol. The minimum atomic E-state index is -4.60. The second kappa shape index (κ2) is 11.9. The molecule has 0 radical (unpaired) electrons. The number of rotatable bonds is 9. The second-order valence-corrected chi connectivity index (χ2v) is 10.8. The van der Waals surface area contributed by atoms with Crippen molar-refractivity contribution in [2.45, 2.75) is 50.9 Å². The van der Waals surface area contributed by atoms with Crippen molar-refractivity contribution >= 4 is 40.6 Å². The van der Waals surface area contributed by atoms with Crippen LogP contribution < -0.4 is 26.2 Å². The van der Waals surface area contributed by atoms with E-state index in [2.05, 4.69) is 41.2 Å². The molecule has 2 fully saturated rings. The summed E-state index contributed by atoms with van der Waals surface area (Å²) in [7, 11) is 0. The van der Waals surface area contributed by atoms with Gasteiger partial charge < -0.3 is 26.3 Å². The van der Waals surface area contributed by atoms with Crippen LogP contribution in [0.25, 0.3) is 0 Å². The highest BCUT2D eigenvalue weighted by Crippen LogP contribution is 2.37. The Balaban J connectivity index is 1.30. The molecule has 2 aromatic carbocycles. The summed E-state index contributed by atoms with van der Waals surface area (Å²) in [6.07, 6.45) is 3.91. The van der Waals surface area contributed by atoms with E-state index in [4.69, 9.17) is 0 Å². The zero-order valence-corrected chi connectivity index (χ0v) is 23.5. The molecule has 5 N–H and O–H groups in total. The van der Waals surface area contributed by atoms with Crippen LogP contribution in [0.1, 0.15) is 47.2 Å². The number of carbonyl (C=O) groups is 1. The number of hydrogen-bond donors (Lipinski definition) is 5. The van der Waals surface area contributed by atoms with E-state index in [1.807, 2.05) is 19.1 Å². The fraction of sp³-hybridized carbons (Fsp3) is 0.333. The monoisotopic (exact) mass is 591 g/mol. The standard InChI is InChI=1S/C30H32F3N9O/c1-18-2-3-23(15-25(18)42(29-35-10-11-36-29)27-16-26(37-17-38-27)40-21-4-5-21)41-28(43)19-12-20(30(31,32)33)14-24(13-19)39-22-6-8-34-9-7-22/h2-3,10-17,21-22,34,39H,4-9H2,1H3,(H,35,36)(H,41,43)(H,37,38,40). The van der Waals surface area contributed by atoms with Crippen LogP contribution in [0.4, 0.5) is 47.8 Å². The average Bonchev–Trinajstić information content (AvgIpc) is 3.64. The number of benzene rings is 2. The Hall–Kier alpha value is -4.65. The van der Waals surface area contributed by atoms with Gasteiger partial charge in [-0.1, -0.05) is 6.07 Å². The first-order valence-electron chi connectivity index (χ1n) is 14.2. The molecular formula is C30H32F3N9O. The van der Waals surface area contributed by atoms with Gasteiger partial charge in [0.2, 0.25) is 5.95 Å². The molecule has 1 aliphatic heterocycles. The van der Waals surface area contributed by atoms with Crippen LogP contribution in [0.5, 0.6) is 0 Å². The van der Waals surface area contributed by atoms with Crippen LogP contribution in [0.3, 0.4) is 0 Å². The molecule has 43 heavy (non-hydrogen) atoms. The van der Waals surface area contributed by atoms with Crippen LogP contribution in [0.2, 0.25) is 0 Å². The molecule has 1 aliphatic carbocycles. The quantitative estimate of drug-likeness (QED) is 0.161. The largest absolute Gasteiger partial charge is 0.416 e. The average molecular weight is 592 g/mol. The predicted octanol–water partition coefficient (Wildman–Crippen LogP) is 5.99. The van der Waals surface area contributed by atoms with Gasteiger partial charge in [-0.2, -0.15) is 13.2 Å². The van der Waals surface area contributed by atoms with Crippen molar-refractivity contribution < 1.29 is 18.0 Å². The summed E-state index contributed by atoms with van der Waals surface area (Å²) in [5, 5.41) is 12.6. The maximum Gasteiger partial charge on any atom is 0.416 e. The molecule has 1 saturated carbocycles. The van der Waals surface area contributed by atoms with Gasteiger partial charge in [0, 0.05) is 47.5 Å². The third kappa shape index (κ3) is 6.88. The first kappa shape index (κ1) is 28.5. The van der Waals surface area contributed by atoms with Crippen molar-refractivity contribution in [3.63, 3.8) is 0 Å². The van der Waals surface area contributed by atoms with Gasteiger partial charge in [0.05, 0.1) is 11.3 Å². The van der Waals surface area contributed by atoms with Gasteiger partial charge in [-0.05, 0) is 81.6 Å². The fourth-order valence-corrected chi connectivity index (χ4v) is 5.05. The molecule has 3 heterocycles. The Kier molecular flexibility index (Phi) is 7.89. The molecule has 224 valence electrons. The lowest BCUT2D eigenvalue weighted by Gasteiger charge is -2.25. The van der Waals surface area contributed by atoms with E-state index in [0.29, 0.717) is 35.0 Å². The minimum absolute atomic E-state index is 0.0228. The molecule has 6 rings (SSSR count). The minimum Gasteiger partial charge on any atom is -0.382 e. The molecule has 1 amide bonds. The Labute approximate surface area is 246 Å². The number of alkyl halides is 3. The number of piperidine rings is 1. The number of amides is 1. The summed E-state index contributed by atoms with van der Waals surface area (Å²) in [5.41, 5.74) is 1.21. The van der Waals surface area contributed by atoms with E-state index in [1.54, 1.807) is 29.4 Å². The number of imidazole rings is 1. The number of aromatic amines is 1. The van der Waals surface area contributed by atoms with Gasteiger partial charge in [0.25, 0.3) is 5.91 Å². The van der Waals surface area contributed by atoms with Crippen molar-refractivity contribution in [2.75, 3.05) is 33.9 Å². The highest BCUT2D eigenvalue weighted by molar-refractivity contribution is 6.05. The summed E-state index contributed by atoms with van der Waals surface area (Å²) in [5.74, 6) is 1.07. The molecule has 0 atom stereocenters. The lowest BCUT2D eigenvalue weighted by molar-refractivity contribution is -0.137. The van der Waals surface area contributed by atoms with Crippen LogP contribution >= 0.6 is 0 Å². The van der Waals surface area contributed by atoms with Gasteiger partial charge in [-0.3, -0.25) is 9.69 Å². The molecule has 2 aliphatic rings. The van der Waals surface area contributed by atoms with E-state index in [-0.39, 0.29) is 17.3 Å². The summed E-state index contributed by atoms with van der Waals surface area (Å²) >= 11 is 0. The maximum absolute atomic E-state index is 13.8. The van der Waals surface area contributed by atoms with Gasteiger partial charge in [-0.15, -0.1) is 0 Å². The van der Waals surface area contributed by atoms with E-state index in [1.165, 1.54) is 12.4 Å². The third-order valence-corrected chi connectivity index (χ3v) is 7.45. The number of H-pyrrole nitrogens is 1. The van der Waals surface area contributed by atoms with Crippen LogP contribution in [0.15, 0.2) is 61.2 Å². The zero-order chi connectivity index (χ0) is 30.0. The number of nitrogens with zero attached hydrogens (tertiary/aromatic N) is 4. The highest BCUT2D eigenvalue weighted by atomic mass is 19.4. The van der Waals surface area contributed by atoms with E-state index < -0.39 is 17.6 Å². The van der Waals surface area contributed by atoms with Gasteiger partial charge >= 0.3 is 6.18 Å². The molecule has 0 bridgehead atoms. The van der Waals surface area contributed by atoms with Crippen LogP contribution in [-0.2, 0) is 6.18 Å². The zero-order valence-electron chi connectivity index (χ0n) is 23.5. The normalized spacial score (nSPS) is 15.6. The first-order valence-corrected chi connectivity index (χ1v) is 14.2. The smallest absolute Gasteiger partial charge is 0.382 e. The number of carbonyl (C=O) groups excluding carboxylic acids is 1. The molecule has 10 nitrogen and oxygen atoms in total. The number of halogens is 3. The molecular weight excluding hydrogens is 559 g/mol. The number of hydrogen-bond acceptors (Lipinski definition) is 8. The molecule has 1 saturated heterocycles. The summed E-state index contributed by atoms with van der Waals surface area (Å²) < 4.78 is 41.4. The van der Waals surface area contributed by atoms with Crippen LogP contribution in [0, 0.1) is 6.92 Å². The lowest BCUT2D eigenvalue weighted by Crippen LogP contribution is -2.35. The molecule has 4 aromatic rings. The molecule has 2 aromatic heterocycles. The summed E-state index contributed by atoms with van der Waals surface area (Å²) in [4.78, 5) is 31.5. The number of aryl methyl sites for hydroxylation is 1. The molecule has 0 unspecified atom stereocenters. The Morgan fingerprint density at radius 1 is 0.930 bits per heavy atom. The Morgan fingerprint density at radius 3 is 2.44 bits per heavy atom. The highest BCUT2D eigenvalue weighted by Gasteiger charge is 2.32. The first-order chi connectivity index (χ1) is 20.7. The molecule has 13 heteroatoms. The summed E-state index contributed by atoms with van der Waals surface area (Å²) in [6.45, 7) is 3.47. The topological polar surface area (TPSA) is 123 Å².